The average Bonchev–Trinajstić information content (AvgIpc) is 3.37. The maximum Gasteiger partial charge on any atom is 0.351 e. The van der Waals surface area contributed by atoms with Crippen LogP contribution in [0.25, 0.3) is 0 Å². The van der Waals surface area contributed by atoms with Crippen LogP contribution in [-0.2, 0) is 14.3 Å². The number of hydrogen-bond donors (Lipinski definition) is 1. The Morgan fingerprint density at radius 1 is 0.947 bits per heavy atom. The van der Waals surface area contributed by atoms with E-state index < -0.39 is 11.9 Å². The molecule has 2 unspecified atom stereocenters. The van der Waals surface area contributed by atoms with Gasteiger partial charge in [-0.1, -0.05) is 79.8 Å². The van der Waals surface area contributed by atoms with Crippen LogP contribution >= 0.6 is 0 Å². The molecule has 1 aliphatic heterocycles. The summed E-state index contributed by atoms with van der Waals surface area (Å²) in [7, 11) is 0. The third kappa shape index (κ3) is 13.7. The van der Waals surface area contributed by atoms with Crippen molar-refractivity contribution in [3.8, 4) is 0 Å². The second-order valence-electron chi connectivity index (χ2n) is 8.97. The van der Waals surface area contributed by atoms with E-state index in [4.69, 9.17) is 15.2 Å². The number of allylic oxidation sites excluding steroid dienone is 12. The van der Waals surface area contributed by atoms with Crippen LogP contribution in [0.2, 0.25) is 0 Å². The van der Waals surface area contributed by atoms with Gasteiger partial charge in [0.1, 0.15) is 18.7 Å². The largest absolute Gasteiger partial charge is 0.463 e. The maximum absolute atomic E-state index is 12.0. The van der Waals surface area contributed by atoms with E-state index in [-0.39, 0.29) is 24.5 Å². The van der Waals surface area contributed by atoms with Gasteiger partial charge >= 0.3 is 11.7 Å². The summed E-state index contributed by atoms with van der Waals surface area (Å²) in [5, 5.41) is 0. The highest BCUT2D eigenvalue weighted by Crippen LogP contribution is 2.27. The fourth-order valence-electron chi connectivity index (χ4n) is 3.76. The van der Waals surface area contributed by atoms with Crippen LogP contribution in [0.5, 0.6) is 0 Å². The number of carbonyl (C=O) groups excluding carboxylic acids is 1. The van der Waals surface area contributed by atoms with Gasteiger partial charge in [0.05, 0.1) is 6.10 Å². The molecule has 2 N–H and O–H groups in total. The standard InChI is InChI=1S/C31H43N3O4/c1-2-3-4-5-6-7-8-9-10-11-12-13-14-15-16-17-18-19-20-21-30(35)37-26-27-22-23-29(38-27)34-25-24-28(32)33-31(34)36/h3-4,6-7,9-10,12-13,15-16,18-19,24-25,27,29H,2,5,8,11,14,17,20-23,26H2,1H3,(H2,32,33,36)/b4-3-,7-6-,10-9-,13-12-,16-15-,19-18-. The molecule has 1 aromatic rings. The summed E-state index contributed by atoms with van der Waals surface area (Å²) in [6, 6.07) is 1.56. The van der Waals surface area contributed by atoms with Gasteiger partial charge < -0.3 is 15.2 Å². The molecule has 0 aliphatic carbocycles. The number of nitrogens with zero attached hydrogens (tertiary/aromatic N) is 2. The van der Waals surface area contributed by atoms with Crippen LogP contribution < -0.4 is 11.4 Å². The molecule has 0 amide bonds. The van der Waals surface area contributed by atoms with Gasteiger partial charge in [-0.05, 0) is 63.9 Å². The van der Waals surface area contributed by atoms with Gasteiger partial charge in [0.15, 0.2) is 0 Å². The highest BCUT2D eigenvalue weighted by Gasteiger charge is 2.28. The highest BCUT2D eigenvalue weighted by atomic mass is 16.6. The van der Waals surface area contributed by atoms with E-state index in [1.54, 1.807) is 12.3 Å². The summed E-state index contributed by atoms with van der Waals surface area (Å²) in [6.07, 6.45) is 35.0. The van der Waals surface area contributed by atoms with Crippen LogP contribution in [0, 0.1) is 0 Å². The molecule has 0 radical (unpaired) electrons. The zero-order valence-corrected chi connectivity index (χ0v) is 22.6. The van der Waals surface area contributed by atoms with E-state index in [1.807, 2.05) is 6.08 Å². The van der Waals surface area contributed by atoms with Crippen molar-refractivity contribution in [2.45, 2.75) is 83.5 Å². The van der Waals surface area contributed by atoms with Crippen molar-refractivity contribution in [3.63, 3.8) is 0 Å². The number of nitrogens with two attached hydrogens (primary N) is 1. The second kappa shape index (κ2) is 19.6. The number of rotatable bonds is 17. The lowest BCUT2D eigenvalue weighted by Gasteiger charge is -2.15. The molecular formula is C31H43N3O4. The Bertz CT molecular complexity index is 1050. The first-order valence-electron chi connectivity index (χ1n) is 13.7. The van der Waals surface area contributed by atoms with Gasteiger partial charge in [-0.2, -0.15) is 4.98 Å². The third-order valence-electron chi connectivity index (χ3n) is 5.79. The zero-order valence-electron chi connectivity index (χ0n) is 22.6. The summed E-state index contributed by atoms with van der Waals surface area (Å²) in [5.74, 6) is -0.0652. The van der Waals surface area contributed by atoms with E-state index in [2.05, 4.69) is 78.7 Å². The molecule has 7 heteroatoms. The van der Waals surface area contributed by atoms with Crippen molar-refractivity contribution in [2.24, 2.45) is 0 Å². The SMILES string of the molecule is CC/C=C\C/C=C\C/C=C\C/C=C\C/C=C\C/C=C\CCC(=O)OCC1CCC(n2ccc(N)nc2=O)O1. The molecule has 1 fully saturated rings. The van der Waals surface area contributed by atoms with Crippen LogP contribution in [0.1, 0.15) is 77.4 Å². The number of ether oxygens (including phenoxy) is 2. The smallest absolute Gasteiger partial charge is 0.351 e. The van der Waals surface area contributed by atoms with Crippen molar-refractivity contribution < 1.29 is 14.3 Å². The molecule has 38 heavy (non-hydrogen) atoms. The van der Waals surface area contributed by atoms with E-state index in [0.29, 0.717) is 25.7 Å². The van der Waals surface area contributed by atoms with Crippen LogP contribution in [0.4, 0.5) is 5.82 Å². The summed E-state index contributed by atoms with van der Waals surface area (Å²) in [6.45, 7) is 2.34. The van der Waals surface area contributed by atoms with Crippen LogP contribution in [0.15, 0.2) is 90.0 Å². The van der Waals surface area contributed by atoms with Gasteiger partial charge in [-0.3, -0.25) is 9.36 Å². The topological polar surface area (TPSA) is 96.4 Å². The molecule has 1 aromatic heterocycles. The maximum atomic E-state index is 12.0. The molecule has 0 bridgehead atoms. The molecule has 2 heterocycles. The summed E-state index contributed by atoms with van der Waals surface area (Å²) < 4.78 is 12.6. The average molecular weight is 522 g/mol. The number of aromatic nitrogens is 2. The zero-order chi connectivity index (χ0) is 27.3. The first-order valence-corrected chi connectivity index (χ1v) is 13.7. The Hall–Kier alpha value is -3.45. The number of anilines is 1. The van der Waals surface area contributed by atoms with Gasteiger partial charge in [-0.15, -0.1) is 0 Å². The van der Waals surface area contributed by atoms with E-state index in [1.165, 1.54) is 4.57 Å². The molecule has 2 rings (SSSR count). The molecule has 1 saturated heterocycles. The first-order chi connectivity index (χ1) is 18.6. The predicted molar refractivity (Wildman–Crippen MR) is 154 cm³/mol. The number of esters is 1. The molecule has 0 spiro atoms. The Morgan fingerprint density at radius 3 is 2.05 bits per heavy atom. The Balaban J connectivity index is 1.46. The second-order valence-corrected chi connectivity index (χ2v) is 8.97. The van der Waals surface area contributed by atoms with Gasteiger partial charge in [-0.25, -0.2) is 4.79 Å². The van der Waals surface area contributed by atoms with Crippen molar-refractivity contribution >= 4 is 11.8 Å². The summed E-state index contributed by atoms with van der Waals surface area (Å²) >= 11 is 0. The minimum atomic E-state index is -0.441. The quantitative estimate of drug-likeness (QED) is 0.185. The normalized spacial score (nSPS) is 18.4. The lowest BCUT2D eigenvalue weighted by Crippen LogP contribution is -2.28. The van der Waals surface area contributed by atoms with E-state index in [0.717, 1.165) is 38.5 Å². The minimum absolute atomic E-state index is 0.182. The molecular weight excluding hydrogens is 478 g/mol. The van der Waals surface area contributed by atoms with Crippen molar-refractivity contribution in [2.75, 3.05) is 12.3 Å². The lowest BCUT2D eigenvalue weighted by atomic mass is 10.2. The van der Waals surface area contributed by atoms with Crippen LogP contribution in [0.3, 0.4) is 0 Å². The summed E-state index contributed by atoms with van der Waals surface area (Å²) in [5.41, 5.74) is 5.08. The van der Waals surface area contributed by atoms with Crippen molar-refractivity contribution in [1.82, 2.24) is 9.55 Å². The molecule has 206 valence electrons. The van der Waals surface area contributed by atoms with Gasteiger partial charge in [0, 0.05) is 12.6 Å². The Kier molecular flexibility index (Phi) is 15.9. The monoisotopic (exact) mass is 521 g/mol. The Labute approximate surface area is 227 Å². The summed E-state index contributed by atoms with van der Waals surface area (Å²) in [4.78, 5) is 27.7. The van der Waals surface area contributed by atoms with Gasteiger partial charge in [0.25, 0.3) is 0 Å². The third-order valence-corrected chi connectivity index (χ3v) is 5.79. The molecule has 7 nitrogen and oxygen atoms in total. The van der Waals surface area contributed by atoms with Crippen molar-refractivity contribution in [3.05, 3.63) is 95.7 Å². The lowest BCUT2D eigenvalue weighted by molar-refractivity contribution is -0.148. The van der Waals surface area contributed by atoms with Gasteiger partial charge in [0.2, 0.25) is 0 Å². The first kappa shape index (κ1) is 30.8. The van der Waals surface area contributed by atoms with Crippen LogP contribution in [-0.4, -0.2) is 28.2 Å². The fraction of sp³-hybridized carbons (Fsp3) is 0.452. The molecule has 0 saturated carbocycles. The molecule has 2 atom stereocenters. The van der Waals surface area contributed by atoms with E-state index >= 15 is 0 Å². The number of carbonyl (C=O) groups is 1. The molecule has 0 aromatic carbocycles. The number of nitrogen functional groups attached to an aromatic ring is 1. The van der Waals surface area contributed by atoms with E-state index in [9.17, 15) is 9.59 Å². The van der Waals surface area contributed by atoms with Crippen molar-refractivity contribution in [1.29, 1.82) is 0 Å². The minimum Gasteiger partial charge on any atom is -0.463 e. The predicted octanol–water partition coefficient (Wildman–Crippen LogP) is 6.52. The number of hydrogen-bond acceptors (Lipinski definition) is 6. The fourth-order valence-corrected chi connectivity index (χ4v) is 3.76. The highest BCUT2D eigenvalue weighted by molar-refractivity contribution is 5.69. The molecule has 1 aliphatic rings. The Morgan fingerprint density at radius 2 is 1.50 bits per heavy atom.